The molecule has 2 rings (SSSR count). The summed E-state index contributed by atoms with van der Waals surface area (Å²) in [6.07, 6.45) is 3.47. The van der Waals surface area contributed by atoms with Crippen LogP contribution in [0.15, 0.2) is 35.1 Å². The summed E-state index contributed by atoms with van der Waals surface area (Å²) >= 11 is 9.45. The van der Waals surface area contributed by atoms with E-state index in [1.54, 1.807) is 24.1 Å². The quantitative estimate of drug-likeness (QED) is 0.865. The number of hydrogen-bond acceptors (Lipinski definition) is 3. The van der Waals surface area contributed by atoms with Crippen LogP contribution in [0.25, 0.3) is 0 Å². The fourth-order valence-corrected chi connectivity index (χ4v) is 2.23. The largest absolute Gasteiger partial charge is 0.378 e. The molecule has 1 heterocycles. The summed E-state index contributed by atoms with van der Waals surface area (Å²) in [6, 6.07) is 5.64. The molecule has 106 valence electrons. The summed E-state index contributed by atoms with van der Waals surface area (Å²) in [6.45, 7) is 0.825. The molecule has 1 aromatic heterocycles. The maximum atomic E-state index is 11.2. The molecule has 1 aromatic carbocycles. The van der Waals surface area contributed by atoms with E-state index in [1.807, 2.05) is 18.2 Å². The Morgan fingerprint density at radius 3 is 3.05 bits per heavy atom. The van der Waals surface area contributed by atoms with Crippen LogP contribution in [0.3, 0.4) is 0 Å². The lowest BCUT2D eigenvalue weighted by Gasteiger charge is -2.06. The zero-order chi connectivity index (χ0) is 14.5. The lowest BCUT2D eigenvalue weighted by Crippen LogP contribution is -2.23. The predicted octanol–water partition coefficient (Wildman–Crippen LogP) is 2.66. The lowest BCUT2D eigenvalue weighted by atomic mass is 10.2. The number of halogens is 2. The van der Waals surface area contributed by atoms with Gasteiger partial charge in [0.05, 0.1) is 11.9 Å². The summed E-state index contributed by atoms with van der Waals surface area (Å²) in [4.78, 5) is 11.2. The first-order chi connectivity index (χ1) is 9.58. The molecule has 5 nitrogen and oxygen atoms in total. The number of nitrogens with zero attached hydrogens (tertiary/aromatic N) is 2. The van der Waals surface area contributed by atoms with E-state index < -0.39 is 0 Å². The zero-order valence-electron chi connectivity index (χ0n) is 10.9. The van der Waals surface area contributed by atoms with Crippen molar-refractivity contribution < 1.29 is 4.79 Å². The van der Waals surface area contributed by atoms with Gasteiger partial charge in [0.2, 0.25) is 5.91 Å². The van der Waals surface area contributed by atoms with Gasteiger partial charge in [0, 0.05) is 29.3 Å². The third-order valence-corrected chi connectivity index (χ3v) is 3.72. The second kappa shape index (κ2) is 6.76. The van der Waals surface area contributed by atoms with E-state index in [4.69, 9.17) is 11.6 Å². The van der Waals surface area contributed by atoms with E-state index in [2.05, 4.69) is 31.7 Å². The van der Waals surface area contributed by atoms with Crippen molar-refractivity contribution >= 4 is 39.1 Å². The molecule has 2 aromatic rings. The minimum absolute atomic E-state index is 0.0859. The molecule has 0 saturated heterocycles. The van der Waals surface area contributed by atoms with E-state index in [1.165, 1.54) is 0 Å². The molecule has 0 saturated carbocycles. The minimum atomic E-state index is -0.0859. The Hall–Kier alpha value is -1.53. The number of nitrogens with one attached hydrogen (secondary N) is 2. The maximum absolute atomic E-state index is 11.2. The molecule has 0 bridgehead atoms. The van der Waals surface area contributed by atoms with Crippen LogP contribution in [0.5, 0.6) is 0 Å². The molecule has 0 aliphatic heterocycles. The van der Waals surface area contributed by atoms with Crippen molar-refractivity contribution in [2.24, 2.45) is 0 Å². The normalized spacial score (nSPS) is 10.3. The lowest BCUT2D eigenvalue weighted by molar-refractivity contribution is -0.121. The second-order valence-electron chi connectivity index (χ2n) is 4.19. The number of anilines is 1. The number of carbonyl (C=O) groups is 1. The Labute approximate surface area is 130 Å². The summed E-state index contributed by atoms with van der Waals surface area (Å²) in [5.41, 5.74) is 1.90. The van der Waals surface area contributed by atoms with E-state index in [9.17, 15) is 4.79 Å². The zero-order valence-corrected chi connectivity index (χ0v) is 13.2. The van der Waals surface area contributed by atoms with Crippen LogP contribution in [0.2, 0.25) is 5.02 Å². The maximum Gasteiger partial charge on any atom is 0.241 e. The Bertz CT molecular complexity index is 614. The fraction of sp³-hybridized carbons (Fsp3) is 0.231. The van der Waals surface area contributed by atoms with Crippen molar-refractivity contribution in [3.8, 4) is 0 Å². The second-order valence-corrected chi connectivity index (χ2v) is 5.48. The van der Waals surface area contributed by atoms with Crippen molar-refractivity contribution in [2.45, 2.75) is 13.1 Å². The summed E-state index contributed by atoms with van der Waals surface area (Å²) < 4.78 is 2.57. The number of rotatable bonds is 5. The van der Waals surface area contributed by atoms with E-state index in [-0.39, 0.29) is 12.5 Å². The van der Waals surface area contributed by atoms with Crippen molar-refractivity contribution in [2.75, 3.05) is 12.4 Å². The standard InChI is InChI=1S/C13H14BrClN4O/c1-16-13(20)8-19-7-11(6-18-19)17-5-9-4-10(15)2-3-12(9)14/h2-4,6-7,17H,5,8H2,1H3,(H,16,20). The molecule has 2 N–H and O–H groups in total. The first-order valence-electron chi connectivity index (χ1n) is 5.99. The van der Waals surface area contributed by atoms with Crippen molar-refractivity contribution in [1.29, 1.82) is 0 Å². The summed E-state index contributed by atoms with van der Waals surface area (Å²) in [5.74, 6) is -0.0859. The van der Waals surface area contributed by atoms with Gasteiger partial charge in [0.15, 0.2) is 0 Å². The van der Waals surface area contributed by atoms with E-state index in [0.29, 0.717) is 11.6 Å². The molecule has 0 spiro atoms. The molecule has 0 radical (unpaired) electrons. The van der Waals surface area contributed by atoms with Crippen LogP contribution in [0.4, 0.5) is 5.69 Å². The van der Waals surface area contributed by atoms with Gasteiger partial charge in [-0.05, 0) is 23.8 Å². The molecular weight excluding hydrogens is 344 g/mol. The average molecular weight is 358 g/mol. The van der Waals surface area contributed by atoms with E-state index >= 15 is 0 Å². The highest BCUT2D eigenvalue weighted by Gasteiger charge is 2.04. The van der Waals surface area contributed by atoms with Crippen molar-refractivity contribution in [1.82, 2.24) is 15.1 Å². The van der Waals surface area contributed by atoms with Gasteiger partial charge in [-0.3, -0.25) is 9.48 Å². The summed E-state index contributed by atoms with van der Waals surface area (Å²) in [5, 5.41) is 10.6. The number of likely N-dealkylation sites (N-methyl/N-ethyl adjacent to an activating group) is 1. The number of carbonyl (C=O) groups excluding carboxylic acids is 1. The fourth-order valence-electron chi connectivity index (χ4n) is 1.64. The Balaban J connectivity index is 1.97. The van der Waals surface area contributed by atoms with Gasteiger partial charge in [0.25, 0.3) is 0 Å². The molecule has 0 fully saturated rings. The molecule has 0 aliphatic rings. The van der Waals surface area contributed by atoms with Crippen LogP contribution < -0.4 is 10.6 Å². The molecule has 0 atom stereocenters. The Kier molecular flexibility index (Phi) is 5.03. The smallest absolute Gasteiger partial charge is 0.241 e. The van der Waals surface area contributed by atoms with Crippen molar-refractivity contribution in [3.63, 3.8) is 0 Å². The number of amides is 1. The molecule has 20 heavy (non-hydrogen) atoms. The molecule has 1 amide bonds. The summed E-state index contributed by atoms with van der Waals surface area (Å²) in [7, 11) is 1.60. The highest BCUT2D eigenvalue weighted by atomic mass is 79.9. The molecule has 0 aliphatic carbocycles. The Morgan fingerprint density at radius 2 is 2.30 bits per heavy atom. The van der Waals surface area contributed by atoms with Crippen LogP contribution in [-0.4, -0.2) is 22.7 Å². The number of aromatic nitrogens is 2. The van der Waals surface area contributed by atoms with Gasteiger partial charge in [-0.2, -0.15) is 5.10 Å². The topological polar surface area (TPSA) is 59.0 Å². The monoisotopic (exact) mass is 356 g/mol. The number of hydrogen-bond donors (Lipinski definition) is 2. The van der Waals surface area contributed by atoms with Crippen molar-refractivity contribution in [3.05, 3.63) is 45.7 Å². The van der Waals surface area contributed by atoms with E-state index in [0.717, 1.165) is 15.7 Å². The van der Waals surface area contributed by atoms with Gasteiger partial charge in [-0.15, -0.1) is 0 Å². The van der Waals surface area contributed by atoms with Crippen LogP contribution >= 0.6 is 27.5 Å². The first kappa shape index (κ1) is 14.9. The van der Waals surface area contributed by atoms with Gasteiger partial charge in [-0.25, -0.2) is 0 Å². The third-order valence-electron chi connectivity index (χ3n) is 2.71. The SMILES string of the molecule is CNC(=O)Cn1cc(NCc2cc(Cl)ccc2Br)cn1. The average Bonchev–Trinajstić information content (AvgIpc) is 2.87. The van der Waals surface area contributed by atoms with Gasteiger partial charge in [0.1, 0.15) is 6.54 Å². The van der Waals surface area contributed by atoms with Crippen LogP contribution in [-0.2, 0) is 17.9 Å². The van der Waals surface area contributed by atoms with Crippen LogP contribution in [0, 0.1) is 0 Å². The minimum Gasteiger partial charge on any atom is -0.378 e. The Morgan fingerprint density at radius 1 is 1.50 bits per heavy atom. The van der Waals surface area contributed by atoms with Gasteiger partial charge >= 0.3 is 0 Å². The van der Waals surface area contributed by atoms with Crippen LogP contribution in [0.1, 0.15) is 5.56 Å². The first-order valence-corrected chi connectivity index (χ1v) is 7.16. The highest BCUT2D eigenvalue weighted by Crippen LogP contribution is 2.22. The highest BCUT2D eigenvalue weighted by molar-refractivity contribution is 9.10. The number of benzene rings is 1. The predicted molar refractivity (Wildman–Crippen MR) is 82.8 cm³/mol. The molecule has 7 heteroatoms. The van der Waals surface area contributed by atoms with Gasteiger partial charge < -0.3 is 10.6 Å². The molecular formula is C13H14BrClN4O. The molecule has 0 unspecified atom stereocenters. The third kappa shape index (κ3) is 3.98. The van der Waals surface area contributed by atoms with Gasteiger partial charge in [-0.1, -0.05) is 27.5 Å².